The number of rotatable bonds is 1. The molecule has 3 nitrogen and oxygen atoms in total. The number of benzene rings is 1. The lowest BCUT2D eigenvalue weighted by Gasteiger charge is -2.19. The van der Waals surface area contributed by atoms with Crippen LogP contribution < -0.4 is 10.4 Å². The number of amidine groups is 1. The minimum atomic E-state index is -4.31. The van der Waals surface area contributed by atoms with Crippen LogP contribution in [0.4, 0.5) is 18.9 Å². The molecule has 0 aromatic heterocycles. The van der Waals surface area contributed by atoms with Gasteiger partial charge < -0.3 is 0 Å². The van der Waals surface area contributed by atoms with E-state index in [1.54, 1.807) is 18.1 Å². The molecule has 0 radical (unpaired) electrons. The molecule has 0 saturated carbocycles. The third kappa shape index (κ3) is 2.51. The summed E-state index contributed by atoms with van der Waals surface area (Å²) >= 11 is 0. The number of hydrogen-bond donors (Lipinski definition) is 1. The van der Waals surface area contributed by atoms with Gasteiger partial charge in [-0.05, 0) is 18.2 Å². The first-order valence-corrected chi connectivity index (χ1v) is 5.18. The van der Waals surface area contributed by atoms with Crippen LogP contribution in [0.2, 0.25) is 0 Å². The molecule has 6 heteroatoms. The highest BCUT2D eigenvalue weighted by atomic mass is 19.4. The molecule has 0 bridgehead atoms. The maximum absolute atomic E-state index is 12.5. The Morgan fingerprint density at radius 3 is 2.71 bits per heavy atom. The molecule has 0 spiro atoms. The van der Waals surface area contributed by atoms with Gasteiger partial charge in [-0.15, -0.1) is 0 Å². The predicted molar refractivity (Wildman–Crippen MR) is 59.9 cm³/mol. The fourth-order valence-corrected chi connectivity index (χ4v) is 1.69. The van der Waals surface area contributed by atoms with Gasteiger partial charge in [-0.2, -0.15) is 13.2 Å². The van der Waals surface area contributed by atoms with E-state index < -0.39 is 11.7 Å². The van der Waals surface area contributed by atoms with Gasteiger partial charge in [-0.1, -0.05) is 6.07 Å². The third-order valence-electron chi connectivity index (χ3n) is 2.59. The number of anilines is 1. The summed E-state index contributed by atoms with van der Waals surface area (Å²) < 4.78 is 37.6. The molecule has 1 N–H and O–H groups in total. The Kier molecular flexibility index (Phi) is 2.95. The van der Waals surface area contributed by atoms with Crippen LogP contribution in [0.25, 0.3) is 0 Å². The standard InChI is InChI=1S/C11H12F3N3/c1-15-10-5-6-17(16-10)9-4-2-3-8(7-9)11(12,13)14/h2-4,7H,5-6H2,1H3,(H,15,16). The SMILES string of the molecule is CN=C1CCN(c2cccc(C(F)(F)F)c2)N1. The molecule has 0 aliphatic carbocycles. The number of hydrogen-bond acceptors (Lipinski definition) is 2. The van der Waals surface area contributed by atoms with Crippen molar-refractivity contribution in [3.8, 4) is 0 Å². The second kappa shape index (κ2) is 4.27. The van der Waals surface area contributed by atoms with Crippen molar-refractivity contribution in [2.75, 3.05) is 18.6 Å². The summed E-state index contributed by atoms with van der Waals surface area (Å²) in [6, 6.07) is 5.24. The first-order valence-electron chi connectivity index (χ1n) is 5.18. The zero-order valence-electron chi connectivity index (χ0n) is 9.25. The van der Waals surface area contributed by atoms with E-state index in [1.165, 1.54) is 6.07 Å². The summed E-state index contributed by atoms with van der Waals surface area (Å²) in [5.41, 5.74) is 2.81. The van der Waals surface area contributed by atoms with E-state index in [2.05, 4.69) is 10.4 Å². The van der Waals surface area contributed by atoms with Crippen LogP contribution in [0, 0.1) is 0 Å². The van der Waals surface area contributed by atoms with Crippen molar-refractivity contribution in [2.45, 2.75) is 12.6 Å². The molecule has 0 atom stereocenters. The lowest BCUT2D eigenvalue weighted by atomic mass is 10.2. The van der Waals surface area contributed by atoms with Crippen LogP contribution in [0.5, 0.6) is 0 Å². The summed E-state index contributed by atoms with van der Waals surface area (Å²) in [7, 11) is 1.65. The van der Waals surface area contributed by atoms with Crippen molar-refractivity contribution in [1.82, 2.24) is 5.43 Å². The van der Waals surface area contributed by atoms with Crippen molar-refractivity contribution in [2.24, 2.45) is 4.99 Å². The molecular formula is C11H12F3N3. The molecule has 1 aliphatic rings. The van der Waals surface area contributed by atoms with Crippen LogP contribution in [0.15, 0.2) is 29.3 Å². The highest BCUT2D eigenvalue weighted by Gasteiger charge is 2.31. The summed E-state index contributed by atoms with van der Waals surface area (Å²) in [6.45, 7) is 0.619. The largest absolute Gasteiger partial charge is 0.416 e. The maximum atomic E-state index is 12.5. The Hall–Kier alpha value is -1.72. The van der Waals surface area contributed by atoms with E-state index in [-0.39, 0.29) is 0 Å². The number of halogens is 3. The highest BCUT2D eigenvalue weighted by Crippen LogP contribution is 2.31. The minimum absolute atomic E-state index is 0.499. The maximum Gasteiger partial charge on any atom is 0.416 e. The zero-order chi connectivity index (χ0) is 12.5. The molecule has 0 unspecified atom stereocenters. The molecule has 0 amide bonds. The van der Waals surface area contributed by atoms with Crippen LogP contribution in [0.3, 0.4) is 0 Å². The molecule has 17 heavy (non-hydrogen) atoms. The van der Waals surface area contributed by atoms with Crippen LogP contribution in [0.1, 0.15) is 12.0 Å². The minimum Gasteiger partial charge on any atom is -0.286 e. The lowest BCUT2D eigenvalue weighted by molar-refractivity contribution is -0.137. The van der Waals surface area contributed by atoms with Gasteiger partial charge in [-0.25, -0.2) is 0 Å². The number of nitrogens with one attached hydrogen (secondary N) is 1. The van der Waals surface area contributed by atoms with E-state index in [0.717, 1.165) is 18.0 Å². The number of hydrazine groups is 1. The summed E-state index contributed by atoms with van der Waals surface area (Å²) in [5, 5.41) is 1.66. The van der Waals surface area contributed by atoms with E-state index in [9.17, 15) is 13.2 Å². The van der Waals surface area contributed by atoms with Gasteiger partial charge in [0.25, 0.3) is 0 Å². The van der Waals surface area contributed by atoms with Crippen molar-refractivity contribution >= 4 is 11.5 Å². The van der Waals surface area contributed by atoms with Crippen molar-refractivity contribution in [3.05, 3.63) is 29.8 Å². The number of nitrogens with zero attached hydrogens (tertiary/aromatic N) is 2. The van der Waals surface area contributed by atoms with E-state index in [0.29, 0.717) is 18.7 Å². The smallest absolute Gasteiger partial charge is 0.286 e. The fourth-order valence-electron chi connectivity index (χ4n) is 1.69. The lowest BCUT2D eigenvalue weighted by Crippen LogP contribution is -2.33. The first kappa shape index (κ1) is 11.8. The molecule has 1 aliphatic heterocycles. The predicted octanol–water partition coefficient (Wildman–Crippen LogP) is 2.45. The average molecular weight is 243 g/mol. The molecule has 1 aromatic carbocycles. The fraction of sp³-hybridized carbons (Fsp3) is 0.364. The Balaban J connectivity index is 2.23. The van der Waals surface area contributed by atoms with Crippen LogP contribution in [-0.2, 0) is 6.18 Å². The normalized spacial score (nSPS) is 18.6. The van der Waals surface area contributed by atoms with E-state index in [4.69, 9.17) is 0 Å². The number of aliphatic imine (C=N–C) groups is 1. The Labute approximate surface area is 96.9 Å². The molecular weight excluding hydrogens is 231 g/mol. The zero-order valence-corrected chi connectivity index (χ0v) is 9.25. The van der Waals surface area contributed by atoms with Gasteiger partial charge in [0.1, 0.15) is 5.84 Å². The summed E-state index contributed by atoms with van der Waals surface area (Å²) in [5.74, 6) is 0.780. The van der Waals surface area contributed by atoms with Gasteiger partial charge in [0.05, 0.1) is 11.3 Å². The monoisotopic (exact) mass is 243 g/mol. The van der Waals surface area contributed by atoms with Gasteiger partial charge in [0.2, 0.25) is 0 Å². The van der Waals surface area contributed by atoms with Gasteiger partial charge in [0.15, 0.2) is 0 Å². The first-order chi connectivity index (χ1) is 8.00. The molecule has 1 saturated heterocycles. The Morgan fingerprint density at radius 1 is 1.35 bits per heavy atom. The van der Waals surface area contributed by atoms with Gasteiger partial charge in [0, 0.05) is 20.0 Å². The van der Waals surface area contributed by atoms with Crippen molar-refractivity contribution < 1.29 is 13.2 Å². The third-order valence-corrected chi connectivity index (χ3v) is 2.59. The van der Waals surface area contributed by atoms with E-state index >= 15 is 0 Å². The topological polar surface area (TPSA) is 27.6 Å². The number of alkyl halides is 3. The summed E-state index contributed by atoms with van der Waals surface area (Å²) in [6.07, 6.45) is -3.59. The second-order valence-corrected chi connectivity index (χ2v) is 3.73. The molecule has 1 fully saturated rings. The highest BCUT2D eigenvalue weighted by molar-refractivity contribution is 5.86. The summed E-state index contributed by atoms with van der Waals surface area (Å²) in [4.78, 5) is 3.98. The van der Waals surface area contributed by atoms with E-state index in [1.807, 2.05) is 0 Å². The van der Waals surface area contributed by atoms with Crippen LogP contribution >= 0.6 is 0 Å². The van der Waals surface area contributed by atoms with Crippen LogP contribution in [-0.4, -0.2) is 19.4 Å². The second-order valence-electron chi connectivity index (χ2n) is 3.73. The average Bonchev–Trinajstić information content (AvgIpc) is 2.76. The molecule has 1 aromatic rings. The molecule has 2 rings (SSSR count). The van der Waals surface area contributed by atoms with Crippen molar-refractivity contribution in [1.29, 1.82) is 0 Å². The van der Waals surface area contributed by atoms with Gasteiger partial charge >= 0.3 is 6.18 Å². The van der Waals surface area contributed by atoms with Crippen molar-refractivity contribution in [3.63, 3.8) is 0 Å². The molecule has 1 heterocycles. The Bertz CT molecular complexity index is 440. The Morgan fingerprint density at radius 2 is 2.12 bits per heavy atom. The quantitative estimate of drug-likeness (QED) is 0.820. The van der Waals surface area contributed by atoms with Gasteiger partial charge in [-0.3, -0.25) is 15.4 Å². The molecule has 92 valence electrons.